The van der Waals surface area contributed by atoms with Crippen molar-refractivity contribution >= 4 is 28.6 Å². The zero-order chi connectivity index (χ0) is 23.9. The van der Waals surface area contributed by atoms with Gasteiger partial charge in [-0.2, -0.15) is 0 Å². The van der Waals surface area contributed by atoms with Crippen LogP contribution in [0, 0.1) is 5.82 Å². The highest BCUT2D eigenvalue weighted by molar-refractivity contribution is 6.32. The van der Waals surface area contributed by atoms with E-state index in [1.165, 1.54) is 12.1 Å². The second-order valence-corrected chi connectivity index (χ2v) is 9.49. The molecule has 0 atom stereocenters. The number of halogens is 1. The number of aromatic nitrogens is 1. The lowest BCUT2D eigenvalue weighted by molar-refractivity contribution is -0.111. The average molecular weight is 465 g/mol. The first kappa shape index (κ1) is 22.6. The van der Waals surface area contributed by atoms with E-state index in [1.54, 1.807) is 6.07 Å². The van der Waals surface area contributed by atoms with Crippen molar-refractivity contribution in [3.8, 4) is 0 Å². The molecule has 4 heterocycles. The van der Waals surface area contributed by atoms with Crippen LogP contribution in [0.25, 0.3) is 11.1 Å². The van der Waals surface area contributed by atoms with Gasteiger partial charge in [0.1, 0.15) is 23.0 Å². The minimum Gasteiger partial charge on any atom is -0.482 e. The summed E-state index contributed by atoms with van der Waals surface area (Å²) in [5.41, 5.74) is 2.68. The van der Waals surface area contributed by atoms with Gasteiger partial charge in [0.2, 0.25) is 0 Å². The molecule has 3 N–H and O–H groups in total. The highest BCUT2D eigenvalue weighted by atomic mass is 19.1. The molecule has 2 aromatic rings. The van der Waals surface area contributed by atoms with Crippen LogP contribution in [0.1, 0.15) is 37.8 Å². The molecule has 3 aliphatic rings. The molecule has 1 amide bonds. The topological polar surface area (TPSA) is 86.7 Å². The van der Waals surface area contributed by atoms with Gasteiger partial charge in [-0.3, -0.25) is 4.79 Å². The van der Waals surface area contributed by atoms with E-state index < -0.39 is 11.4 Å². The van der Waals surface area contributed by atoms with Crippen LogP contribution in [0.15, 0.2) is 48.4 Å². The molecule has 0 aliphatic carbocycles. The number of aliphatic hydroxyl groups is 1. The van der Waals surface area contributed by atoms with Crippen LogP contribution < -0.4 is 10.6 Å². The summed E-state index contributed by atoms with van der Waals surface area (Å²) in [7, 11) is 0. The number of ether oxygens (including phenoxy) is 1. The molecule has 1 aromatic carbocycles. The maximum atomic E-state index is 13.6. The summed E-state index contributed by atoms with van der Waals surface area (Å²) in [6.07, 6.45) is 5.20. The number of pyridine rings is 1. The number of nitrogens with one attached hydrogen (secondary N) is 2. The highest BCUT2D eigenvalue weighted by Crippen LogP contribution is 2.44. The number of aliphatic hydroxyl groups excluding tert-OH is 1. The van der Waals surface area contributed by atoms with Crippen molar-refractivity contribution in [3.63, 3.8) is 0 Å². The van der Waals surface area contributed by atoms with Crippen LogP contribution in [-0.2, 0) is 9.53 Å². The van der Waals surface area contributed by atoms with Crippen LogP contribution in [0.4, 0.5) is 15.9 Å². The first-order valence-corrected chi connectivity index (χ1v) is 11.7. The molecule has 3 aliphatic heterocycles. The minimum absolute atomic E-state index is 0.159. The molecule has 5 rings (SSSR count). The summed E-state index contributed by atoms with van der Waals surface area (Å²) in [4.78, 5) is 19.5. The van der Waals surface area contributed by atoms with Crippen LogP contribution in [0.3, 0.4) is 0 Å². The van der Waals surface area contributed by atoms with Gasteiger partial charge in [0, 0.05) is 49.1 Å². The monoisotopic (exact) mass is 464 g/mol. The first-order chi connectivity index (χ1) is 16.3. The maximum absolute atomic E-state index is 13.6. The van der Waals surface area contributed by atoms with E-state index in [-0.39, 0.29) is 12.0 Å². The molecule has 1 fully saturated rings. The van der Waals surface area contributed by atoms with Crippen LogP contribution in [-0.4, -0.2) is 58.8 Å². The number of amides is 1. The van der Waals surface area contributed by atoms with E-state index in [0.717, 1.165) is 56.0 Å². The standard InChI is InChI=1S/C26H29FN4O3/c1-26(2)20(14-22(34-26)24-19-5-4-17(27)13-21(19)30-25(24)33)16-3-6-23(29-15-16)28-9-12-31-10-7-18(32)8-11-31/h3-6,13-15,18,32H,7-12H2,1-2H3,(H,28,29)(H,30,33). The number of hydrogen-bond acceptors (Lipinski definition) is 6. The lowest BCUT2D eigenvalue weighted by Crippen LogP contribution is -2.38. The normalized spacial score (nSPS) is 22.2. The fraction of sp³-hybridized carbons (Fsp3) is 0.385. The van der Waals surface area contributed by atoms with Gasteiger partial charge in [-0.05, 0) is 63.1 Å². The average Bonchev–Trinajstić information content (AvgIpc) is 3.29. The summed E-state index contributed by atoms with van der Waals surface area (Å²) < 4.78 is 19.8. The number of rotatable bonds is 5. The molecule has 1 aromatic heterocycles. The Morgan fingerprint density at radius 1 is 1.26 bits per heavy atom. The summed E-state index contributed by atoms with van der Waals surface area (Å²) >= 11 is 0. The molecular weight excluding hydrogens is 435 g/mol. The van der Waals surface area contributed by atoms with E-state index in [4.69, 9.17) is 4.74 Å². The largest absolute Gasteiger partial charge is 0.482 e. The third kappa shape index (κ3) is 4.43. The van der Waals surface area contributed by atoms with Crippen LogP contribution in [0.5, 0.6) is 0 Å². The quantitative estimate of drug-likeness (QED) is 0.586. The number of benzene rings is 1. The molecule has 0 radical (unpaired) electrons. The molecule has 0 bridgehead atoms. The van der Waals surface area contributed by atoms with Gasteiger partial charge in [-0.25, -0.2) is 9.37 Å². The predicted molar refractivity (Wildman–Crippen MR) is 129 cm³/mol. The molecule has 0 unspecified atom stereocenters. The van der Waals surface area contributed by atoms with Crippen LogP contribution in [0.2, 0.25) is 0 Å². The number of carbonyl (C=O) groups excluding carboxylic acids is 1. The number of hydrogen-bond donors (Lipinski definition) is 3. The Labute approximate surface area is 198 Å². The molecule has 34 heavy (non-hydrogen) atoms. The smallest absolute Gasteiger partial charge is 0.260 e. The third-order valence-electron chi connectivity index (χ3n) is 6.63. The number of piperidine rings is 1. The number of nitrogens with zero attached hydrogens (tertiary/aromatic N) is 2. The number of allylic oxidation sites excluding steroid dienone is 1. The van der Waals surface area contributed by atoms with Gasteiger partial charge < -0.3 is 25.4 Å². The Morgan fingerprint density at radius 3 is 2.79 bits per heavy atom. The summed E-state index contributed by atoms with van der Waals surface area (Å²) in [5, 5.41) is 15.7. The molecule has 0 saturated carbocycles. The summed E-state index contributed by atoms with van der Waals surface area (Å²) in [5.74, 6) is 0.563. The van der Waals surface area contributed by atoms with Gasteiger partial charge in [0.25, 0.3) is 5.91 Å². The lowest BCUT2D eigenvalue weighted by atomic mass is 9.93. The summed E-state index contributed by atoms with van der Waals surface area (Å²) in [6.45, 7) is 7.44. The molecule has 178 valence electrons. The van der Waals surface area contributed by atoms with E-state index in [0.29, 0.717) is 22.6 Å². The van der Waals surface area contributed by atoms with Gasteiger partial charge in [-0.15, -0.1) is 0 Å². The second kappa shape index (κ2) is 8.85. The Balaban J connectivity index is 1.31. The predicted octanol–water partition coefficient (Wildman–Crippen LogP) is 3.64. The molecular formula is C26H29FN4O3. The van der Waals surface area contributed by atoms with Gasteiger partial charge in [0.05, 0.1) is 17.4 Å². The van der Waals surface area contributed by atoms with E-state index >= 15 is 0 Å². The minimum atomic E-state index is -0.652. The van der Waals surface area contributed by atoms with E-state index in [2.05, 4.69) is 20.5 Å². The summed E-state index contributed by atoms with van der Waals surface area (Å²) in [6, 6.07) is 8.19. The van der Waals surface area contributed by atoms with E-state index in [1.807, 2.05) is 38.3 Å². The van der Waals surface area contributed by atoms with Crippen molar-refractivity contribution in [1.29, 1.82) is 0 Å². The highest BCUT2D eigenvalue weighted by Gasteiger charge is 2.38. The van der Waals surface area contributed by atoms with Crippen molar-refractivity contribution in [2.75, 3.05) is 36.8 Å². The second-order valence-electron chi connectivity index (χ2n) is 9.49. The van der Waals surface area contributed by atoms with Crippen LogP contribution >= 0.6 is 0 Å². The fourth-order valence-corrected chi connectivity index (χ4v) is 4.75. The Morgan fingerprint density at radius 2 is 2.06 bits per heavy atom. The number of anilines is 2. The number of carbonyl (C=O) groups is 1. The van der Waals surface area contributed by atoms with E-state index in [9.17, 15) is 14.3 Å². The third-order valence-corrected chi connectivity index (χ3v) is 6.63. The zero-order valence-electron chi connectivity index (χ0n) is 19.4. The number of fused-ring (bicyclic) bond motifs is 1. The van der Waals surface area contributed by atoms with Crippen molar-refractivity contribution in [1.82, 2.24) is 9.88 Å². The molecule has 7 nitrogen and oxygen atoms in total. The van der Waals surface area contributed by atoms with Crippen molar-refractivity contribution in [2.45, 2.75) is 38.4 Å². The first-order valence-electron chi connectivity index (χ1n) is 11.7. The number of likely N-dealkylation sites (tertiary alicyclic amines) is 1. The maximum Gasteiger partial charge on any atom is 0.260 e. The van der Waals surface area contributed by atoms with Gasteiger partial charge in [0.15, 0.2) is 0 Å². The van der Waals surface area contributed by atoms with Crippen molar-refractivity contribution < 1.29 is 19.0 Å². The van der Waals surface area contributed by atoms with Gasteiger partial charge in [-0.1, -0.05) is 0 Å². The Hall–Kier alpha value is -3.23. The fourth-order valence-electron chi connectivity index (χ4n) is 4.75. The SMILES string of the molecule is CC1(C)OC(=C2C(=O)Nc3cc(F)ccc32)C=C1c1ccc(NCCN2CCC(O)CC2)nc1. The van der Waals surface area contributed by atoms with Gasteiger partial charge >= 0.3 is 0 Å². The lowest BCUT2D eigenvalue weighted by Gasteiger charge is -2.29. The molecule has 1 saturated heterocycles. The Bertz CT molecular complexity index is 1170. The van der Waals surface area contributed by atoms with Crippen molar-refractivity contribution in [3.05, 3.63) is 65.3 Å². The zero-order valence-corrected chi connectivity index (χ0v) is 19.4. The molecule has 0 spiro atoms. The Kier molecular flexibility index (Phi) is 5.87. The molecule has 8 heteroatoms. The van der Waals surface area contributed by atoms with Crippen molar-refractivity contribution in [2.24, 2.45) is 0 Å².